The third-order valence-corrected chi connectivity index (χ3v) is 3.40. The number of hydrogen-bond donors (Lipinski definition) is 4. The molecule has 174 valence electrons. The summed E-state index contributed by atoms with van der Waals surface area (Å²) in [5.41, 5.74) is 0.352. The molecule has 1 aliphatic rings. The fraction of sp³-hybridized carbons (Fsp3) is 0.231. The van der Waals surface area contributed by atoms with Crippen LogP contribution in [0.1, 0.15) is 39.5 Å². The Bertz CT molecular complexity index is 717. The Morgan fingerprint density at radius 3 is 1.00 bits per heavy atom. The van der Waals surface area contributed by atoms with Gasteiger partial charge in [0.2, 0.25) is 0 Å². The minimum atomic E-state index is -0.935. The van der Waals surface area contributed by atoms with Gasteiger partial charge in [0.25, 0.3) is 0 Å². The predicted octanol–water partition coefficient (Wildman–Crippen LogP) is 6.20. The van der Waals surface area contributed by atoms with Gasteiger partial charge in [-0.15, -0.1) is 0 Å². The zero-order chi connectivity index (χ0) is 24.8. The molecule has 0 aliphatic heterocycles. The smallest absolute Gasteiger partial charge is 0.330 e. The van der Waals surface area contributed by atoms with Crippen LogP contribution in [0.2, 0.25) is 0 Å². The van der Waals surface area contributed by atoms with Crippen molar-refractivity contribution < 1.29 is 30.0 Å². The number of phenols is 2. The highest BCUT2D eigenvalue weighted by Crippen LogP contribution is 2.07. The molecule has 6 nitrogen and oxygen atoms in total. The van der Waals surface area contributed by atoms with E-state index in [-0.39, 0.29) is 11.1 Å². The number of carboxylic acids is 2. The van der Waals surface area contributed by atoms with Crippen molar-refractivity contribution >= 4 is 11.9 Å². The Morgan fingerprint density at radius 1 is 0.656 bits per heavy atom. The predicted molar refractivity (Wildman–Crippen MR) is 129 cm³/mol. The number of para-hydroxylation sites is 2. The fourth-order valence-electron chi connectivity index (χ4n) is 1.62. The molecule has 0 fully saturated rings. The molecular formula is C26H34O6. The van der Waals surface area contributed by atoms with Crippen LogP contribution in [0, 0.1) is 0 Å². The van der Waals surface area contributed by atoms with Gasteiger partial charge >= 0.3 is 11.9 Å². The third-order valence-electron chi connectivity index (χ3n) is 3.40. The van der Waals surface area contributed by atoms with Crippen molar-refractivity contribution in [2.24, 2.45) is 0 Å². The summed E-state index contributed by atoms with van der Waals surface area (Å²) in [4.78, 5) is 19.2. The highest BCUT2D eigenvalue weighted by atomic mass is 16.4. The molecule has 3 rings (SSSR count). The summed E-state index contributed by atoms with van der Waals surface area (Å²) in [5, 5.41) is 33.0. The summed E-state index contributed by atoms with van der Waals surface area (Å²) >= 11 is 0. The second-order valence-corrected chi connectivity index (χ2v) is 6.60. The average Bonchev–Trinajstić information content (AvgIpc) is 2.78. The van der Waals surface area contributed by atoms with Crippen LogP contribution in [-0.4, -0.2) is 32.4 Å². The van der Waals surface area contributed by atoms with Crippen LogP contribution in [0.25, 0.3) is 0 Å². The maximum Gasteiger partial charge on any atom is 0.330 e. The molecule has 0 bridgehead atoms. The third kappa shape index (κ3) is 24.2. The van der Waals surface area contributed by atoms with Gasteiger partial charge in [0, 0.05) is 11.1 Å². The SMILES string of the molecule is C1=CCCCC1.C=C(C)C(=O)O.C=C(C)C(=O)O.Oc1ccccc1.Oc1ccccc1. The van der Waals surface area contributed by atoms with E-state index in [2.05, 4.69) is 25.3 Å². The van der Waals surface area contributed by atoms with Gasteiger partial charge in [-0.25, -0.2) is 9.59 Å². The van der Waals surface area contributed by atoms with Crippen LogP contribution in [0.3, 0.4) is 0 Å². The summed E-state index contributed by atoms with van der Waals surface area (Å²) in [5.74, 6) is -1.23. The maximum absolute atomic E-state index is 9.60. The minimum absolute atomic E-state index is 0.176. The summed E-state index contributed by atoms with van der Waals surface area (Å²) in [7, 11) is 0. The highest BCUT2D eigenvalue weighted by molar-refractivity contribution is 5.85. The van der Waals surface area contributed by atoms with E-state index < -0.39 is 11.9 Å². The Kier molecular flexibility index (Phi) is 19.4. The molecule has 0 atom stereocenters. The van der Waals surface area contributed by atoms with Gasteiger partial charge in [0.15, 0.2) is 0 Å². The van der Waals surface area contributed by atoms with Gasteiger partial charge in [-0.05, 0) is 63.8 Å². The van der Waals surface area contributed by atoms with E-state index in [9.17, 15) is 9.59 Å². The van der Waals surface area contributed by atoms with Crippen molar-refractivity contribution in [2.45, 2.75) is 39.5 Å². The van der Waals surface area contributed by atoms with Crippen LogP contribution in [0.4, 0.5) is 0 Å². The lowest BCUT2D eigenvalue weighted by atomic mass is 10.1. The molecule has 0 radical (unpaired) electrons. The number of hydrogen-bond acceptors (Lipinski definition) is 4. The van der Waals surface area contributed by atoms with Gasteiger partial charge in [-0.2, -0.15) is 0 Å². The molecule has 0 unspecified atom stereocenters. The maximum atomic E-state index is 9.60. The molecule has 4 N–H and O–H groups in total. The molecule has 0 spiro atoms. The van der Waals surface area contributed by atoms with Crippen LogP contribution < -0.4 is 0 Å². The van der Waals surface area contributed by atoms with Gasteiger partial charge in [-0.1, -0.05) is 61.7 Å². The quantitative estimate of drug-likeness (QED) is 0.325. The first-order chi connectivity index (χ1) is 15.1. The number of carboxylic acid groups (broad SMARTS) is 2. The van der Waals surface area contributed by atoms with Crippen LogP contribution in [0.15, 0.2) is 97.1 Å². The van der Waals surface area contributed by atoms with Gasteiger partial charge < -0.3 is 20.4 Å². The fourth-order valence-corrected chi connectivity index (χ4v) is 1.62. The Hall–Kier alpha value is -3.80. The van der Waals surface area contributed by atoms with E-state index in [1.807, 2.05) is 12.1 Å². The van der Waals surface area contributed by atoms with Crippen LogP contribution >= 0.6 is 0 Å². The van der Waals surface area contributed by atoms with Crippen molar-refractivity contribution in [3.05, 3.63) is 97.1 Å². The summed E-state index contributed by atoms with van der Waals surface area (Å²) in [6, 6.07) is 17.4. The number of aliphatic carboxylic acids is 2. The Balaban J connectivity index is 0. The number of benzene rings is 2. The second kappa shape index (κ2) is 20.5. The molecule has 32 heavy (non-hydrogen) atoms. The largest absolute Gasteiger partial charge is 0.508 e. The summed E-state index contributed by atoms with van der Waals surface area (Å²) in [6.45, 7) is 9.20. The molecule has 0 amide bonds. The molecule has 0 heterocycles. The summed E-state index contributed by atoms with van der Waals surface area (Å²) in [6.07, 6.45) is 10.0. The Labute approximate surface area is 190 Å². The van der Waals surface area contributed by atoms with E-state index in [4.69, 9.17) is 20.4 Å². The molecule has 2 aromatic rings. The molecule has 2 aromatic carbocycles. The van der Waals surface area contributed by atoms with Crippen molar-refractivity contribution in [3.8, 4) is 11.5 Å². The van der Waals surface area contributed by atoms with E-state index in [1.54, 1.807) is 48.5 Å². The van der Waals surface area contributed by atoms with E-state index in [0.29, 0.717) is 11.5 Å². The number of aromatic hydroxyl groups is 2. The van der Waals surface area contributed by atoms with Crippen molar-refractivity contribution in [2.75, 3.05) is 0 Å². The molecular weight excluding hydrogens is 408 g/mol. The van der Waals surface area contributed by atoms with Crippen molar-refractivity contribution in [3.63, 3.8) is 0 Å². The second-order valence-electron chi connectivity index (χ2n) is 6.60. The first-order valence-electron chi connectivity index (χ1n) is 9.98. The first kappa shape index (κ1) is 30.4. The van der Waals surface area contributed by atoms with Crippen LogP contribution in [0.5, 0.6) is 11.5 Å². The topological polar surface area (TPSA) is 115 Å². The number of allylic oxidation sites excluding steroid dienone is 2. The number of rotatable bonds is 2. The van der Waals surface area contributed by atoms with E-state index in [0.717, 1.165) is 0 Å². The molecule has 6 heteroatoms. The van der Waals surface area contributed by atoms with Crippen LogP contribution in [-0.2, 0) is 9.59 Å². The van der Waals surface area contributed by atoms with E-state index in [1.165, 1.54) is 39.5 Å². The highest BCUT2D eigenvalue weighted by Gasteiger charge is 1.90. The molecule has 0 saturated carbocycles. The van der Waals surface area contributed by atoms with Gasteiger partial charge in [0.1, 0.15) is 11.5 Å². The zero-order valence-electron chi connectivity index (χ0n) is 18.8. The Morgan fingerprint density at radius 2 is 0.906 bits per heavy atom. The molecule has 0 aromatic heterocycles. The molecule has 1 aliphatic carbocycles. The normalized spacial score (nSPS) is 10.6. The van der Waals surface area contributed by atoms with E-state index >= 15 is 0 Å². The minimum Gasteiger partial charge on any atom is -0.508 e. The summed E-state index contributed by atoms with van der Waals surface area (Å²) < 4.78 is 0. The lowest BCUT2D eigenvalue weighted by molar-refractivity contribution is -0.133. The van der Waals surface area contributed by atoms with Crippen molar-refractivity contribution in [1.29, 1.82) is 0 Å². The number of carbonyl (C=O) groups is 2. The lowest BCUT2D eigenvalue weighted by Gasteiger charge is -1.97. The monoisotopic (exact) mass is 442 g/mol. The van der Waals surface area contributed by atoms with Gasteiger partial charge in [0.05, 0.1) is 0 Å². The zero-order valence-corrected chi connectivity index (χ0v) is 18.8. The lowest BCUT2D eigenvalue weighted by Crippen LogP contribution is -1.92. The van der Waals surface area contributed by atoms with Crippen molar-refractivity contribution in [1.82, 2.24) is 0 Å². The van der Waals surface area contributed by atoms with Gasteiger partial charge in [-0.3, -0.25) is 0 Å². The first-order valence-corrected chi connectivity index (χ1v) is 9.98. The molecule has 0 saturated heterocycles. The standard InChI is InChI=1S/2C6H6O.C6H10.2C4H6O2/c2*7-6-4-2-1-3-5-6;1-2-4-6-5-3-1;2*1-3(2)4(5)6/h2*1-5,7H;1-2H,3-6H2;2*1H2,2H3,(H,5,6). The average molecular weight is 443 g/mol. The number of phenolic OH excluding ortho intramolecular Hbond substituents is 2.